The minimum Gasteiger partial charge on any atom is -0.478 e. The van der Waals surface area contributed by atoms with Crippen molar-refractivity contribution in [2.75, 3.05) is 59.5 Å². The summed E-state index contributed by atoms with van der Waals surface area (Å²) in [6, 6.07) is 0. The highest BCUT2D eigenvalue weighted by Crippen LogP contribution is 2.10. The molecule has 0 amide bonds. The molecule has 0 aliphatic rings. The SMILES string of the molecule is CCCCCCCCCCCCOCCOCCOCCOCCOC(=O)/C=C/C(=O)O. The third-order valence-electron chi connectivity index (χ3n) is 4.59. The number of aliphatic carboxylic acids is 1. The molecule has 0 fully saturated rings. The molecule has 0 bridgehead atoms. The summed E-state index contributed by atoms with van der Waals surface area (Å²) in [6.45, 7) is 6.32. The van der Waals surface area contributed by atoms with Crippen LogP contribution < -0.4 is 0 Å². The normalized spacial score (nSPS) is 11.3. The van der Waals surface area contributed by atoms with E-state index in [9.17, 15) is 9.59 Å². The molecule has 8 heteroatoms. The zero-order chi connectivity index (χ0) is 23.5. The van der Waals surface area contributed by atoms with Crippen LogP contribution in [0, 0.1) is 0 Å². The molecule has 0 aliphatic heterocycles. The average molecular weight is 461 g/mol. The fourth-order valence-electron chi connectivity index (χ4n) is 2.84. The van der Waals surface area contributed by atoms with Crippen molar-refractivity contribution in [3.05, 3.63) is 12.2 Å². The molecule has 0 rings (SSSR count). The lowest BCUT2D eigenvalue weighted by molar-refractivity contribution is -0.140. The summed E-state index contributed by atoms with van der Waals surface area (Å²) in [5, 5.41) is 8.37. The highest BCUT2D eigenvalue weighted by atomic mass is 16.6. The summed E-state index contributed by atoms with van der Waals surface area (Å²) < 4.78 is 26.4. The molecule has 0 spiro atoms. The van der Waals surface area contributed by atoms with Crippen LogP contribution in [0.25, 0.3) is 0 Å². The highest BCUT2D eigenvalue weighted by Gasteiger charge is 1.99. The van der Waals surface area contributed by atoms with Crippen molar-refractivity contribution in [2.24, 2.45) is 0 Å². The molecule has 188 valence electrons. The lowest BCUT2D eigenvalue weighted by atomic mass is 10.1. The largest absolute Gasteiger partial charge is 0.478 e. The number of carboxylic acids is 1. The maximum absolute atomic E-state index is 11.1. The molecule has 32 heavy (non-hydrogen) atoms. The second-order valence-corrected chi connectivity index (χ2v) is 7.47. The van der Waals surface area contributed by atoms with Gasteiger partial charge in [-0.3, -0.25) is 0 Å². The number of carbonyl (C=O) groups excluding carboxylic acids is 1. The lowest BCUT2D eigenvalue weighted by Crippen LogP contribution is -2.14. The molecule has 0 aromatic heterocycles. The molecular weight excluding hydrogens is 416 g/mol. The molecule has 1 N–H and O–H groups in total. The summed E-state index contributed by atoms with van der Waals surface area (Å²) in [7, 11) is 0. The van der Waals surface area contributed by atoms with Crippen LogP contribution in [0.2, 0.25) is 0 Å². The van der Waals surface area contributed by atoms with Crippen molar-refractivity contribution in [3.63, 3.8) is 0 Å². The van der Waals surface area contributed by atoms with E-state index in [0.29, 0.717) is 39.6 Å². The van der Waals surface area contributed by atoms with Gasteiger partial charge in [-0.25, -0.2) is 9.59 Å². The number of ether oxygens (including phenoxy) is 5. The van der Waals surface area contributed by atoms with Crippen LogP contribution in [0.3, 0.4) is 0 Å². The maximum atomic E-state index is 11.1. The van der Waals surface area contributed by atoms with Crippen LogP contribution in [0.1, 0.15) is 71.1 Å². The Morgan fingerprint density at radius 1 is 0.562 bits per heavy atom. The third-order valence-corrected chi connectivity index (χ3v) is 4.59. The molecule has 8 nitrogen and oxygen atoms in total. The van der Waals surface area contributed by atoms with E-state index in [1.165, 1.54) is 57.8 Å². The zero-order valence-corrected chi connectivity index (χ0v) is 19.9. The van der Waals surface area contributed by atoms with Crippen molar-refractivity contribution in [2.45, 2.75) is 71.1 Å². The molecule has 0 heterocycles. The number of carboxylic acid groups (broad SMARTS) is 1. The molecule has 0 unspecified atom stereocenters. The molecule has 0 aliphatic carbocycles. The van der Waals surface area contributed by atoms with Gasteiger partial charge in [0.05, 0.1) is 46.2 Å². The highest BCUT2D eigenvalue weighted by molar-refractivity contribution is 5.90. The summed E-state index contributed by atoms with van der Waals surface area (Å²) in [5.74, 6) is -1.91. The van der Waals surface area contributed by atoms with Crippen molar-refractivity contribution in [3.8, 4) is 0 Å². The Hall–Kier alpha value is -1.48. The number of unbranched alkanes of at least 4 members (excludes halogenated alkanes) is 9. The van der Waals surface area contributed by atoms with Gasteiger partial charge in [-0.2, -0.15) is 0 Å². The van der Waals surface area contributed by atoms with E-state index in [0.717, 1.165) is 25.2 Å². The van der Waals surface area contributed by atoms with E-state index in [1.807, 2.05) is 0 Å². The Bertz CT molecular complexity index is 453. The van der Waals surface area contributed by atoms with Gasteiger partial charge in [0.2, 0.25) is 0 Å². The maximum Gasteiger partial charge on any atom is 0.331 e. The van der Waals surface area contributed by atoms with Crippen molar-refractivity contribution in [1.82, 2.24) is 0 Å². The molecular formula is C24H44O8. The van der Waals surface area contributed by atoms with Crippen LogP contribution in [0.15, 0.2) is 12.2 Å². The van der Waals surface area contributed by atoms with Gasteiger partial charge in [0.15, 0.2) is 0 Å². The first-order chi connectivity index (χ1) is 15.7. The Morgan fingerprint density at radius 3 is 1.44 bits per heavy atom. The van der Waals surface area contributed by atoms with Crippen LogP contribution in [0.4, 0.5) is 0 Å². The minimum atomic E-state index is -1.20. The summed E-state index contributed by atoms with van der Waals surface area (Å²) in [5.41, 5.74) is 0. The van der Waals surface area contributed by atoms with Crippen LogP contribution >= 0.6 is 0 Å². The van der Waals surface area contributed by atoms with E-state index >= 15 is 0 Å². The fraction of sp³-hybridized carbons (Fsp3) is 0.833. The van der Waals surface area contributed by atoms with E-state index in [1.54, 1.807) is 0 Å². The molecule has 0 aromatic rings. The Morgan fingerprint density at radius 2 is 0.969 bits per heavy atom. The first kappa shape index (κ1) is 30.5. The lowest BCUT2D eigenvalue weighted by Gasteiger charge is -2.08. The monoisotopic (exact) mass is 460 g/mol. The molecule has 0 aromatic carbocycles. The molecule has 0 atom stereocenters. The predicted molar refractivity (Wildman–Crippen MR) is 123 cm³/mol. The Labute approximate surface area is 193 Å². The molecule has 0 saturated heterocycles. The van der Waals surface area contributed by atoms with Gasteiger partial charge in [-0.1, -0.05) is 64.7 Å². The van der Waals surface area contributed by atoms with E-state index in [-0.39, 0.29) is 13.2 Å². The van der Waals surface area contributed by atoms with Crippen LogP contribution in [-0.2, 0) is 33.3 Å². The smallest absolute Gasteiger partial charge is 0.331 e. The van der Waals surface area contributed by atoms with Gasteiger partial charge in [-0.05, 0) is 6.42 Å². The Kier molecular flexibility index (Phi) is 24.6. The molecule has 0 saturated carbocycles. The summed E-state index contributed by atoms with van der Waals surface area (Å²) >= 11 is 0. The zero-order valence-electron chi connectivity index (χ0n) is 19.9. The Balaban J connectivity index is 3.11. The second kappa shape index (κ2) is 25.8. The fourth-order valence-corrected chi connectivity index (χ4v) is 2.84. The van der Waals surface area contributed by atoms with Crippen LogP contribution in [0.5, 0.6) is 0 Å². The quantitative estimate of drug-likeness (QED) is 0.123. The first-order valence-electron chi connectivity index (χ1n) is 12.1. The minimum absolute atomic E-state index is 0.0605. The number of rotatable bonds is 25. The van der Waals surface area contributed by atoms with E-state index in [4.69, 9.17) is 28.8 Å². The third kappa shape index (κ3) is 26.6. The molecule has 0 radical (unpaired) electrons. The number of hydrogen-bond acceptors (Lipinski definition) is 7. The number of carbonyl (C=O) groups is 2. The van der Waals surface area contributed by atoms with Gasteiger partial charge >= 0.3 is 11.9 Å². The average Bonchev–Trinajstić information content (AvgIpc) is 2.78. The number of hydrogen-bond donors (Lipinski definition) is 1. The number of esters is 1. The van der Waals surface area contributed by atoms with Gasteiger partial charge in [-0.15, -0.1) is 0 Å². The standard InChI is InChI=1S/C24H44O8/c1-2-3-4-5-6-7-8-9-10-11-14-28-15-16-29-17-18-30-19-20-31-21-22-32-24(27)13-12-23(25)26/h12-13H,2-11,14-22H2,1H3,(H,25,26)/b13-12+. The topological polar surface area (TPSA) is 101 Å². The van der Waals surface area contributed by atoms with Gasteiger partial charge in [0.1, 0.15) is 6.61 Å². The van der Waals surface area contributed by atoms with Gasteiger partial charge in [0.25, 0.3) is 0 Å². The first-order valence-corrected chi connectivity index (χ1v) is 12.1. The van der Waals surface area contributed by atoms with Crippen LogP contribution in [-0.4, -0.2) is 76.5 Å². The van der Waals surface area contributed by atoms with Crippen molar-refractivity contribution >= 4 is 11.9 Å². The summed E-state index contributed by atoms with van der Waals surface area (Å²) in [4.78, 5) is 21.3. The van der Waals surface area contributed by atoms with Crippen molar-refractivity contribution < 1.29 is 38.4 Å². The van der Waals surface area contributed by atoms with E-state index in [2.05, 4.69) is 6.92 Å². The van der Waals surface area contributed by atoms with Gasteiger partial charge in [0, 0.05) is 18.8 Å². The van der Waals surface area contributed by atoms with E-state index < -0.39 is 11.9 Å². The predicted octanol–water partition coefficient (Wildman–Crippen LogP) is 4.16. The second-order valence-electron chi connectivity index (χ2n) is 7.47. The summed E-state index contributed by atoms with van der Waals surface area (Å²) in [6.07, 6.45) is 14.8. The van der Waals surface area contributed by atoms with Crippen molar-refractivity contribution in [1.29, 1.82) is 0 Å². The van der Waals surface area contributed by atoms with Gasteiger partial charge < -0.3 is 28.8 Å².